The molecule has 0 rings (SSSR count). The fourth-order valence-corrected chi connectivity index (χ4v) is 1.79. The first-order valence-corrected chi connectivity index (χ1v) is 9.20. The Morgan fingerprint density at radius 1 is 0.727 bits per heavy atom. The van der Waals surface area contributed by atoms with Crippen molar-refractivity contribution in [2.24, 2.45) is 5.41 Å². The maximum atomic E-state index is 12.4. The lowest BCUT2D eigenvalue weighted by atomic mass is 9.85. The zero-order valence-electron chi connectivity index (χ0n) is 18.8. The van der Waals surface area contributed by atoms with Gasteiger partial charge in [-0.2, -0.15) is 0 Å². The summed E-state index contributed by atoms with van der Waals surface area (Å²) in [5.41, 5.74) is -3.94. The topological polar surface area (TPSA) is 175 Å². The van der Waals surface area contributed by atoms with Gasteiger partial charge in [0.25, 0.3) is 0 Å². The molecule has 0 spiro atoms. The molecule has 1 unspecified atom stereocenters. The van der Waals surface area contributed by atoms with E-state index in [2.05, 4.69) is 31.2 Å². The summed E-state index contributed by atoms with van der Waals surface area (Å²) in [4.78, 5) is 58.0. The Bertz CT molecular complexity index is 821. The lowest BCUT2D eigenvalue weighted by molar-refractivity contribution is -0.513. The smallest absolute Gasteiger partial charge is 0.430 e. The molecule has 0 fully saturated rings. The number of esters is 3. The van der Waals surface area contributed by atoms with Crippen molar-refractivity contribution in [3.8, 4) is 0 Å². The van der Waals surface area contributed by atoms with Crippen LogP contribution in [0.5, 0.6) is 0 Å². The standard InChI is InChI=1S/C21H28O12/c1-11(2)15(24)29-19(28)20(9-22,10-23)21(30-16(25)12(3)4,31-17(26)13(5)6)33-32-18(27)14(7)8/h19,22-23,28H,1,3,5,7,9-10H2,2,4,6,8H3. The van der Waals surface area contributed by atoms with Crippen molar-refractivity contribution in [2.75, 3.05) is 13.2 Å². The van der Waals surface area contributed by atoms with Crippen LogP contribution in [0, 0.1) is 5.41 Å². The Labute approximate surface area is 190 Å². The Hall–Kier alpha value is -3.32. The molecule has 0 bridgehead atoms. The van der Waals surface area contributed by atoms with Crippen molar-refractivity contribution in [3.63, 3.8) is 0 Å². The minimum Gasteiger partial charge on any atom is -0.431 e. The molecular weight excluding hydrogens is 444 g/mol. The molecule has 0 amide bonds. The number of carbonyl (C=O) groups is 4. The third-order valence-electron chi connectivity index (χ3n) is 3.94. The zero-order chi connectivity index (χ0) is 26.1. The highest BCUT2D eigenvalue weighted by Crippen LogP contribution is 2.42. The number of hydrogen-bond donors (Lipinski definition) is 3. The average Bonchev–Trinajstić information content (AvgIpc) is 2.72. The van der Waals surface area contributed by atoms with Gasteiger partial charge in [0.1, 0.15) is 0 Å². The largest absolute Gasteiger partial charge is 0.431 e. The predicted molar refractivity (Wildman–Crippen MR) is 110 cm³/mol. The first-order valence-electron chi connectivity index (χ1n) is 9.20. The van der Waals surface area contributed by atoms with Crippen LogP contribution < -0.4 is 0 Å². The van der Waals surface area contributed by atoms with Gasteiger partial charge in [-0.05, 0) is 27.7 Å². The molecule has 1 atom stereocenters. The van der Waals surface area contributed by atoms with E-state index in [0.717, 1.165) is 0 Å². The molecular formula is C21H28O12. The van der Waals surface area contributed by atoms with Crippen molar-refractivity contribution in [1.29, 1.82) is 0 Å². The third-order valence-corrected chi connectivity index (χ3v) is 3.94. The SMILES string of the molecule is C=C(C)C(=O)OOC(OC(=O)C(=C)C)(OC(=O)C(=C)C)C(CO)(CO)C(O)OC(=O)C(=C)C. The van der Waals surface area contributed by atoms with Gasteiger partial charge in [-0.3, -0.25) is 4.89 Å². The average molecular weight is 472 g/mol. The lowest BCUT2D eigenvalue weighted by Gasteiger charge is -2.44. The summed E-state index contributed by atoms with van der Waals surface area (Å²) in [5.74, 6) is -8.59. The monoisotopic (exact) mass is 472 g/mol. The summed E-state index contributed by atoms with van der Waals surface area (Å²) in [7, 11) is 0. The molecule has 0 aliphatic rings. The summed E-state index contributed by atoms with van der Waals surface area (Å²) in [6.45, 7) is 15.2. The maximum Gasteiger partial charge on any atom is 0.430 e. The lowest BCUT2D eigenvalue weighted by Crippen LogP contribution is -2.66. The third kappa shape index (κ3) is 7.08. The molecule has 184 valence electrons. The number of hydrogen-bond acceptors (Lipinski definition) is 12. The maximum absolute atomic E-state index is 12.4. The molecule has 12 nitrogen and oxygen atoms in total. The quantitative estimate of drug-likeness (QED) is 0.110. The molecule has 12 heteroatoms. The number of aliphatic hydroxyl groups is 3. The first-order chi connectivity index (χ1) is 15.1. The van der Waals surface area contributed by atoms with E-state index in [9.17, 15) is 34.5 Å². The molecule has 0 saturated heterocycles. The van der Waals surface area contributed by atoms with Crippen LogP contribution in [0.1, 0.15) is 27.7 Å². The molecule has 0 aromatic carbocycles. The van der Waals surface area contributed by atoms with Crippen LogP contribution in [0.3, 0.4) is 0 Å². The molecule has 0 radical (unpaired) electrons. The van der Waals surface area contributed by atoms with Crippen LogP contribution in [0.2, 0.25) is 0 Å². The van der Waals surface area contributed by atoms with E-state index in [0.29, 0.717) is 0 Å². The minimum absolute atomic E-state index is 0.211. The summed E-state index contributed by atoms with van der Waals surface area (Å²) < 4.78 is 14.8. The fourth-order valence-electron chi connectivity index (χ4n) is 1.79. The normalized spacial score (nSPS) is 12.1. The Kier molecular flexibility index (Phi) is 10.8. The van der Waals surface area contributed by atoms with Gasteiger partial charge in [0.05, 0.1) is 13.2 Å². The number of rotatable bonds is 13. The number of ether oxygens (including phenoxy) is 3. The second-order valence-corrected chi connectivity index (χ2v) is 7.14. The van der Waals surface area contributed by atoms with Gasteiger partial charge in [0.2, 0.25) is 6.29 Å². The van der Waals surface area contributed by atoms with Crippen molar-refractivity contribution in [2.45, 2.75) is 40.0 Å². The second kappa shape index (κ2) is 12.1. The molecule has 0 aromatic rings. The fraction of sp³-hybridized carbons (Fsp3) is 0.429. The molecule has 0 aliphatic carbocycles. The summed E-state index contributed by atoms with van der Waals surface area (Å²) in [6.07, 6.45) is -2.59. The van der Waals surface area contributed by atoms with Gasteiger partial charge in [0.15, 0.2) is 5.41 Å². The highest BCUT2D eigenvalue weighted by Gasteiger charge is 2.67. The van der Waals surface area contributed by atoms with Gasteiger partial charge in [-0.1, -0.05) is 31.2 Å². The van der Waals surface area contributed by atoms with E-state index in [-0.39, 0.29) is 22.3 Å². The van der Waals surface area contributed by atoms with Crippen molar-refractivity contribution in [1.82, 2.24) is 0 Å². The minimum atomic E-state index is -3.43. The second-order valence-electron chi connectivity index (χ2n) is 7.14. The van der Waals surface area contributed by atoms with E-state index in [1.54, 1.807) is 0 Å². The van der Waals surface area contributed by atoms with Crippen LogP contribution >= 0.6 is 0 Å². The van der Waals surface area contributed by atoms with Gasteiger partial charge in [-0.15, -0.1) is 0 Å². The van der Waals surface area contributed by atoms with Crippen LogP contribution in [-0.4, -0.2) is 64.7 Å². The highest BCUT2D eigenvalue weighted by atomic mass is 17.3. The molecule has 0 aromatic heterocycles. The van der Waals surface area contributed by atoms with Gasteiger partial charge in [0, 0.05) is 22.3 Å². The zero-order valence-corrected chi connectivity index (χ0v) is 18.8. The highest BCUT2D eigenvalue weighted by molar-refractivity contribution is 5.89. The molecule has 0 heterocycles. The molecule has 3 N–H and O–H groups in total. The number of aliphatic hydroxyl groups excluding tert-OH is 3. The van der Waals surface area contributed by atoms with E-state index >= 15 is 0 Å². The van der Waals surface area contributed by atoms with Crippen molar-refractivity contribution in [3.05, 3.63) is 48.6 Å². The van der Waals surface area contributed by atoms with Crippen molar-refractivity contribution >= 4 is 23.9 Å². The summed E-state index contributed by atoms with van der Waals surface area (Å²) in [5, 5.41) is 30.8. The van der Waals surface area contributed by atoms with Crippen LogP contribution in [0.4, 0.5) is 0 Å². The van der Waals surface area contributed by atoms with Gasteiger partial charge >= 0.3 is 29.9 Å². The van der Waals surface area contributed by atoms with Gasteiger partial charge in [-0.25, -0.2) is 19.2 Å². The van der Waals surface area contributed by atoms with E-state index in [1.165, 1.54) is 27.7 Å². The van der Waals surface area contributed by atoms with E-state index < -0.39 is 54.8 Å². The van der Waals surface area contributed by atoms with Crippen LogP contribution in [-0.2, 0) is 43.2 Å². The summed E-state index contributed by atoms with van der Waals surface area (Å²) in [6, 6.07) is 0. The summed E-state index contributed by atoms with van der Waals surface area (Å²) >= 11 is 0. The molecule has 33 heavy (non-hydrogen) atoms. The molecule has 0 aliphatic heterocycles. The van der Waals surface area contributed by atoms with Crippen molar-refractivity contribution < 1.29 is 58.5 Å². The van der Waals surface area contributed by atoms with E-state index in [4.69, 9.17) is 19.1 Å². The number of carbonyl (C=O) groups excluding carboxylic acids is 4. The first kappa shape index (κ1) is 29.7. The van der Waals surface area contributed by atoms with E-state index in [1.807, 2.05) is 0 Å². The Balaban J connectivity index is 6.98. The van der Waals surface area contributed by atoms with Crippen LogP contribution in [0.15, 0.2) is 48.6 Å². The van der Waals surface area contributed by atoms with Crippen LogP contribution in [0.25, 0.3) is 0 Å². The Morgan fingerprint density at radius 2 is 1.09 bits per heavy atom. The molecule has 0 saturated carbocycles. The van der Waals surface area contributed by atoms with Gasteiger partial charge < -0.3 is 29.5 Å². The predicted octanol–water partition coefficient (Wildman–Crippen LogP) is 0.338. The Morgan fingerprint density at radius 3 is 1.39 bits per heavy atom.